The molecule has 4 rings (SSSR count). The molecule has 0 spiro atoms. The van der Waals surface area contributed by atoms with E-state index in [4.69, 9.17) is 19.4 Å². The minimum Gasteiger partial charge on any atom is -0.468 e. The number of ketones is 1. The van der Waals surface area contributed by atoms with Gasteiger partial charge in [-0.2, -0.15) is 0 Å². The van der Waals surface area contributed by atoms with Gasteiger partial charge in [0.1, 0.15) is 18.8 Å². The number of ether oxygens (including phenoxy) is 2. The highest BCUT2D eigenvalue weighted by molar-refractivity contribution is 6.76. The fourth-order valence-electron chi connectivity index (χ4n) is 4.18. The zero-order chi connectivity index (χ0) is 27.0. The van der Waals surface area contributed by atoms with Crippen LogP contribution in [0.2, 0.25) is 25.7 Å². The van der Waals surface area contributed by atoms with Crippen LogP contribution in [0.1, 0.15) is 31.1 Å². The largest absolute Gasteiger partial charge is 0.468 e. The van der Waals surface area contributed by atoms with Gasteiger partial charge in [-0.15, -0.1) is 0 Å². The highest BCUT2D eigenvalue weighted by Gasteiger charge is 2.28. The van der Waals surface area contributed by atoms with Crippen LogP contribution in [0.25, 0.3) is 33.3 Å². The van der Waals surface area contributed by atoms with E-state index in [0.717, 1.165) is 22.5 Å². The van der Waals surface area contributed by atoms with E-state index in [9.17, 15) is 9.59 Å². The van der Waals surface area contributed by atoms with E-state index in [2.05, 4.69) is 19.6 Å². The molecule has 9 heteroatoms. The predicted octanol–water partition coefficient (Wildman–Crippen LogP) is 5.77. The Bertz CT molecular complexity index is 1460. The molecule has 0 atom stereocenters. The first-order valence-electron chi connectivity index (χ1n) is 12.5. The van der Waals surface area contributed by atoms with E-state index in [1.807, 2.05) is 66.6 Å². The van der Waals surface area contributed by atoms with E-state index in [1.54, 1.807) is 6.20 Å². The van der Waals surface area contributed by atoms with Crippen molar-refractivity contribution in [3.8, 4) is 11.3 Å². The van der Waals surface area contributed by atoms with Crippen LogP contribution in [-0.4, -0.2) is 52.6 Å². The number of fused-ring (bicyclic) bond motifs is 2. The van der Waals surface area contributed by atoms with E-state index >= 15 is 0 Å². The molecule has 0 aliphatic heterocycles. The van der Waals surface area contributed by atoms with Crippen LogP contribution in [0, 0.1) is 5.41 Å². The van der Waals surface area contributed by atoms with Gasteiger partial charge >= 0.3 is 5.97 Å². The third kappa shape index (κ3) is 5.83. The number of hydrogen-bond acceptors (Lipinski definition) is 6. The van der Waals surface area contributed by atoms with E-state index in [1.165, 1.54) is 7.11 Å². The Balaban J connectivity index is 1.79. The van der Waals surface area contributed by atoms with E-state index in [0.29, 0.717) is 35.8 Å². The van der Waals surface area contributed by atoms with Gasteiger partial charge in [-0.1, -0.05) is 58.6 Å². The highest BCUT2D eigenvalue weighted by Crippen LogP contribution is 2.32. The maximum Gasteiger partial charge on any atom is 0.325 e. The Morgan fingerprint density at radius 1 is 1.05 bits per heavy atom. The maximum atomic E-state index is 13.4. The first kappa shape index (κ1) is 26.8. The number of carbonyl (C=O) groups is 2. The normalized spacial score (nSPS) is 12.4. The van der Waals surface area contributed by atoms with Gasteiger partial charge < -0.3 is 18.6 Å². The number of nitrogens with zero attached hydrogens (tertiary/aromatic N) is 4. The quantitative estimate of drug-likeness (QED) is 0.121. The monoisotopic (exact) mass is 520 g/mol. The molecule has 3 aromatic heterocycles. The number of methoxy groups -OCH3 is 1. The molecule has 0 saturated carbocycles. The minimum absolute atomic E-state index is 0.00193. The van der Waals surface area contributed by atoms with Crippen molar-refractivity contribution < 1.29 is 19.1 Å². The van der Waals surface area contributed by atoms with E-state index in [-0.39, 0.29) is 18.3 Å². The molecule has 0 aliphatic rings. The Hall–Kier alpha value is -3.30. The van der Waals surface area contributed by atoms with Gasteiger partial charge in [-0.3, -0.25) is 9.59 Å². The second-order valence-corrected chi connectivity index (χ2v) is 17.3. The molecule has 0 fully saturated rings. The molecule has 196 valence electrons. The van der Waals surface area contributed by atoms with Crippen LogP contribution in [0.5, 0.6) is 0 Å². The number of carbonyl (C=O) groups excluding carboxylic acids is 2. The Labute approximate surface area is 218 Å². The third-order valence-electron chi connectivity index (χ3n) is 6.31. The van der Waals surface area contributed by atoms with Gasteiger partial charge in [0.2, 0.25) is 0 Å². The molecule has 3 heterocycles. The standard InChI is InChI=1S/C28H36N4O4Si/c1-28(2,3)26(34)21-16-32(18-36-12-13-37(5,6)7)27-25(21)30-22(14-29-27)20-15-31(17-24(33)35-4)23-11-9-8-10-19(20)23/h8-11,14-16H,12-13,17-18H2,1-7H3. The van der Waals surface area contributed by atoms with Crippen LogP contribution < -0.4 is 0 Å². The van der Waals surface area contributed by atoms with Gasteiger partial charge in [-0.25, -0.2) is 9.97 Å². The zero-order valence-electron chi connectivity index (χ0n) is 22.8. The van der Waals surface area contributed by atoms with Crippen molar-refractivity contribution in [2.24, 2.45) is 5.41 Å². The van der Waals surface area contributed by atoms with Gasteiger partial charge in [0.05, 0.1) is 24.6 Å². The summed E-state index contributed by atoms with van der Waals surface area (Å²) in [5.41, 5.74) is 3.48. The lowest BCUT2D eigenvalue weighted by molar-refractivity contribution is -0.141. The molecule has 0 bridgehead atoms. The number of para-hydroxylation sites is 1. The summed E-state index contributed by atoms with van der Waals surface area (Å²) in [5, 5.41) is 0.942. The molecule has 37 heavy (non-hydrogen) atoms. The molecule has 1 aromatic carbocycles. The lowest BCUT2D eigenvalue weighted by atomic mass is 9.87. The maximum absolute atomic E-state index is 13.4. The van der Waals surface area contributed by atoms with Crippen molar-refractivity contribution >= 4 is 41.9 Å². The smallest absolute Gasteiger partial charge is 0.325 e. The second-order valence-electron chi connectivity index (χ2n) is 11.6. The summed E-state index contributed by atoms with van der Waals surface area (Å²) >= 11 is 0. The summed E-state index contributed by atoms with van der Waals surface area (Å²) in [7, 11) is 0.164. The molecule has 4 aromatic rings. The lowest BCUT2D eigenvalue weighted by Crippen LogP contribution is -2.22. The van der Waals surface area contributed by atoms with Crippen molar-refractivity contribution in [1.29, 1.82) is 0 Å². The molecule has 0 aliphatic carbocycles. The van der Waals surface area contributed by atoms with E-state index < -0.39 is 13.5 Å². The Morgan fingerprint density at radius 3 is 2.46 bits per heavy atom. The average molecular weight is 521 g/mol. The summed E-state index contributed by atoms with van der Waals surface area (Å²) in [6.45, 7) is 13.7. The Morgan fingerprint density at radius 2 is 1.78 bits per heavy atom. The number of Topliss-reactive ketones (excluding diaryl/α,β-unsaturated/α-hetero) is 1. The van der Waals surface area contributed by atoms with Crippen molar-refractivity contribution in [2.45, 2.75) is 59.7 Å². The average Bonchev–Trinajstić information content (AvgIpc) is 3.38. The fraction of sp³-hybridized carbons (Fsp3) is 0.429. The minimum atomic E-state index is -1.21. The number of esters is 1. The zero-order valence-corrected chi connectivity index (χ0v) is 23.8. The molecule has 8 nitrogen and oxygen atoms in total. The second kappa shape index (κ2) is 10.2. The summed E-state index contributed by atoms with van der Waals surface area (Å²) < 4.78 is 14.6. The molecule has 0 amide bonds. The van der Waals surface area contributed by atoms with Crippen molar-refractivity contribution in [2.75, 3.05) is 13.7 Å². The first-order valence-corrected chi connectivity index (χ1v) is 16.2. The summed E-state index contributed by atoms with van der Waals surface area (Å²) in [6.07, 6.45) is 5.42. The third-order valence-corrected chi connectivity index (χ3v) is 8.01. The number of benzene rings is 1. The topological polar surface area (TPSA) is 88.2 Å². The molecule has 0 radical (unpaired) electrons. The lowest BCUT2D eigenvalue weighted by Gasteiger charge is -2.16. The molecular formula is C28H36N4O4Si. The molecule has 0 saturated heterocycles. The highest BCUT2D eigenvalue weighted by atomic mass is 28.3. The number of hydrogen-bond donors (Lipinski definition) is 0. The SMILES string of the molecule is COC(=O)Cn1cc(-c2cnc3c(n2)c(C(=O)C(C)(C)C)cn3COCC[Si](C)(C)C)c2ccccc21. The summed E-state index contributed by atoms with van der Waals surface area (Å²) in [6, 6.07) is 8.88. The van der Waals surface area contributed by atoms with Crippen LogP contribution in [0.15, 0.2) is 42.9 Å². The molecule has 0 N–H and O–H groups in total. The first-order chi connectivity index (χ1) is 17.4. The van der Waals surface area contributed by atoms with Gasteiger partial charge in [0.15, 0.2) is 11.4 Å². The fourth-order valence-corrected chi connectivity index (χ4v) is 4.93. The predicted molar refractivity (Wildman–Crippen MR) is 148 cm³/mol. The summed E-state index contributed by atoms with van der Waals surface area (Å²) in [4.78, 5) is 35.1. The van der Waals surface area contributed by atoms with Crippen molar-refractivity contribution in [3.05, 3.63) is 48.4 Å². The van der Waals surface area contributed by atoms with Crippen molar-refractivity contribution in [3.63, 3.8) is 0 Å². The van der Waals surface area contributed by atoms with Crippen molar-refractivity contribution in [1.82, 2.24) is 19.1 Å². The summed E-state index contributed by atoms with van der Waals surface area (Å²) in [5.74, 6) is -0.337. The van der Waals surface area contributed by atoms with Crippen LogP contribution in [0.3, 0.4) is 0 Å². The van der Waals surface area contributed by atoms with Gasteiger partial charge in [0, 0.05) is 49.0 Å². The van der Waals surface area contributed by atoms with Crippen LogP contribution >= 0.6 is 0 Å². The van der Waals surface area contributed by atoms with Crippen LogP contribution in [0.4, 0.5) is 0 Å². The van der Waals surface area contributed by atoms with Crippen LogP contribution in [-0.2, 0) is 27.5 Å². The molecular weight excluding hydrogens is 484 g/mol. The number of aromatic nitrogens is 4. The van der Waals surface area contributed by atoms with Gasteiger partial charge in [-0.05, 0) is 12.1 Å². The number of rotatable bonds is 9. The molecule has 0 unspecified atom stereocenters. The Kier molecular flexibility index (Phi) is 7.39. The van der Waals surface area contributed by atoms with Gasteiger partial charge in [0.25, 0.3) is 0 Å².